The Morgan fingerprint density at radius 2 is 1.85 bits per heavy atom. The van der Waals surface area contributed by atoms with Gasteiger partial charge in [-0.3, -0.25) is 9.59 Å². The fraction of sp³-hybridized carbons (Fsp3) is 0.333. The molecule has 1 fully saturated rings. The van der Waals surface area contributed by atoms with Gasteiger partial charge in [-0.05, 0) is 41.7 Å². The molecule has 2 unspecified atom stereocenters. The molecule has 0 bridgehead atoms. The van der Waals surface area contributed by atoms with Gasteiger partial charge in [-0.1, -0.05) is 37.3 Å². The first kappa shape index (κ1) is 18.1. The minimum atomic E-state index is -0.168. The van der Waals surface area contributed by atoms with Gasteiger partial charge in [0.1, 0.15) is 0 Å². The van der Waals surface area contributed by atoms with Crippen molar-refractivity contribution < 1.29 is 14.3 Å². The zero-order valence-electron chi connectivity index (χ0n) is 15.1. The fourth-order valence-electron chi connectivity index (χ4n) is 2.94. The highest BCUT2D eigenvalue weighted by Gasteiger charge is 2.39. The van der Waals surface area contributed by atoms with Gasteiger partial charge in [0, 0.05) is 30.8 Å². The number of nitrogens with one attached hydrogen (secondary N) is 2. The van der Waals surface area contributed by atoms with E-state index in [9.17, 15) is 9.59 Å². The van der Waals surface area contributed by atoms with Gasteiger partial charge in [-0.25, -0.2) is 0 Å². The van der Waals surface area contributed by atoms with E-state index < -0.39 is 0 Å². The van der Waals surface area contributed by atoms with Crippen LogP contribution in [0.25, 0.3) is 0 Å². The average Bonchev–Trinajstić information content (AvgIpc) is 3.37. The summed E-state index contributed by atoms with van der Waals surface area (Å²) in [4.78, 5) is 24.5. The van der Waals surface area contributed by atoms with Gasteiger partial charge >= 0.3 is 0 Å². The van der Waals surface area contributed by atoms with Gasteiger partial charge in [0.2, 0.25) is 5.91 Å². The second-order valence-electron chi connectivity index (χ2n) is 6.83. The SMILES string of the molecule is COCc1cccc(CNC(=O)c2cccc(NC(=O)C3CC3C)c2)c1. The van der Waals surface area contributed by atoms with Gasteiger partial charge in [-0.2, -0.15) is 0 Å². The molecule has 1 saturated carbocycles. The molecule has 3 rings (SSSR count). The Hall–Kier alpha value is -2.66. The lowest BCUT2D eigenvalue weighted by molar-refractivity contribution is -0.117. The molecule has 2 amide bonds. The number of anilines is 1. The number of carbonyl (C=O) groups excluding carboxylic acids is 2. The number of rotatable bonds is 7. The summed E-state index contributed by atoms with van der Waals surface area (Å²) < 4.78 is 5.13. The van der Waals surface area contributed by atoms with Crippen molar-refractivity contribution in [1.82, 2.24) is 5.32 Å². The number of amides is 2. The molecule has 0 radical (unpaired) electrons. The molecule has 1 aliphatic rings. The lowest BCUT2D eigenvalue weighted by Gasteiger charge is -2.09. The minimum absolute atomic E-state index is 0.0324. The largest absolute Gasteiger partial charge is 0.380 e. The molecule has 2 atom stereocenters. The van der Waals surface area contributed by atoms with Crippen LogP contribution >= 0.6 is 0 Å². The van der Waals surface area contributed by atoms with E-state index in [2.05, 4.69) is 17.6 Å². The van der Waals surface area contributed by atoms with Gasteiger partial charge in [-0.15, -0.1) is 0 Å². The Morgan fingerprint density at radius 3 is 2.58 bits per heavy atom. The average molecular weight is 352 g/mol. The number of carbonyl (C=O) groups is 2. The molecule has 5 heteroatoms. The summed E-state index contributed by atoms with van der Waals surface area (Å²) in [5, 5.41) is 5.81. The third-order valence-corrected chi connectivity index (χ3v) is 4.59. The molecule has 0 spiro atoms. The summed E-state index contributed by atoms with van der Waals surface area (Å²) in [6.07, 6.45) is 0.939. The summed E-state index contributed by atoms with van der Waals surface area (Å²) in [6, 6.07) is 14.9. The molecular formula is C21H24N2O3. The van der Waals surface area contributed by atoms with Crippen molar-refractivity contribution in [3.05, 3.63) is 65.2 Å². The molecule has 26 heavy (non-hydrogen) atoms. The van der Waals surface area contributed by atoms with Crippen molar-refractivity contribution in [2.45, 2.75) is 26.5 Å². The third-order valence-electron chi connectivity index (χ3n) is 4.59. The first-order valence-corrected chi connectivity index (χ1v) is 8.82. The molecule has 0 aromatic heterocycles. The molecule has 2 aromatic rings. The van der Waals surface area contributed by atoms with Crippen LogP contribution < -0.4 is 10.6 Å². The summed E-state index contributed by atoms with van der Waals surface area (Å²) in [5.74, 6) is 0.422. The van der Waals surface area contributed by atoms with Gasteiger partial charge in [0.25, 0.3) is 5.91 Å². The second kappa shape index (κ2) is 8.15. The third kappa shape index (κ3) is 4.70. The maximum atomic E-state index is 12.4. The van der Waals surface area contributed by atoms with Gasteiger partial charge in [0.05, 0.1) is 6.61 Å². The molecule has 2 N–H and O–H groups in total. The molecular weight excluding hydrogens is 328 g/mol. The Morgan fingerprint density at radius 1 is 1.12 bits per heavy atom. The van der Waals surface area contributed by atoms with Gasteiger partial charge in [0.15, 0.2) is 0 Å². The summed E-state index contributed by atoms with van der Waals surface area (Å²) in [6.45, 7) is 3.05. The maximum Gasteiger partial charge on any atom is 0.251 e. The fourth-order valence-corrected chi connectivity index (χ4v) is 2.94. The van der Waals surface area contributed by atoms with E-state index in [0.717, 1.165) is 17.5 Å². The number of benzene rings is 2. The number of methoxy groups -OCH3 is 1. The monoisotopic (exact) mass is 352 g/mol. The first-order valence-electron chi connectivity index (χ1n) is 8.82. The standard InChI is InChI=1S/C21H24N2O3/c1-14-9-19(14)21(25)23-18-8-4-7-17(11-18)20(24)22-12-15-5-3-6-16(10-15)13-26-2/h3-8,10-11,14,19H,9,12-13H2,1-2H3,(H,22,24)(H,23,25). The van der Waals surface area contributed by atoms with Crippen LogP contribution in [0.4, 0.5) is 5.69 Å². The summed E-state index contributed by atoms with van der Waals surface area (Å²) in [5.41, 5.74) is 3.27. The molecule has 5 nitrogen and oxygen atoms in total. The Kier molecular flexibility index (Phi) is 5.68. The Balaban J connectivity index is 1.58. The Labute approximate surface area is 153 Å². The molecule has 136 valence electrons. The van der Waals surface area contributed by atoms with E-state index in [4.69, 9.17) is 4.74 Å². The Bertz CT molecular complexity index is 803. The number of hydrogen-bond acceptors (Lipinski definition) is 3. The smallest absolute Gasteiger partial charge is 0.251 e. The highest BCUT2D eigenvalue weighted by Crippen LogP contribution is 2.38. The van der Waals surface area contributed by atoms with E-state index >= 15 is 0 Å². The molecule has 1 aliphatic carbocycles. The normalized spacial score (nSPS) is 18.2. The number of hydrogen-bond donors (Lipinski definition) is 2. The summed E-state index contributed by atoms with van der Waals surface area (Å²) >= 11 is 0. The van der Waals surface area contributed by atoms with Crippen LogP contribution in [-0.2, 0) is 22.7 Å². The van der Waals surface area contributed by atoms with Crippen molar-refractivity contribution in [3.63, 3.8) is 0 Å². The van der Waals surface area contributed by atoms with Crippen LogP contribution in [0.3, 0.4) is 0 Å². The van der Waals surface area contributed by atoms with Crippen LogP contribution in [0.5, 0.6) is 0 Å². The van der Waals surface area contributed by atoms with Crippen LogP contribution in [0, 0.1) is 11.8 Å². The van der Waals surface area contributed by atoms with E-state index in [-0.39, 0.29) is 17.7 Å². The quantitative estimate of drug-likeness (QED) is 0.803. The van der Waals surface area contributed by atoms with E-state index in [1.54, 1.807) is 31.4 Å². The molecule has 0 saturated heterocycles. The van der Waals surface area contributed by atoms with E-state index in [1.165, 1.54) is 0 Å². The zero-order chi connectivity index (χ0) is 18.5. The highest BCUT2D eigenvalue weighted by atomic mass is 16.5. The van der Waals surface area contributed by atoms with E-state index in [1.807, 2.05) is 24.3 Å². The van der Waals surface area contributed by atoms with Crippen molar-refractivity contribution >= 4 is 17.5 Å². The van der Waals surface area contributed by atoms with Crippen LogP contribution in [-0.4, -0.2) is 18.9 Å². The van der Waals surface area contributed by atoms with Crippen molar-refractivity contribution in [1.29, 1.82) is 0 Å². The van der Waals surface area contributed by atoms with Crippen LogP contribution in [0.2, 0.25) is 0 Å². The summed E-state index contributed by atoms with van der Waals surface area (Å²) in [7, 11) is 1.66. The number of ether oxygens (including phenoxy) is 1. The lowest BCUT2D eigenvalue weighted by atomic mass is 10.1. The van der Waals surface area contributed by atoms with Crippen LogP contribution in [0.1, 0.15) is 34.8 Å². The molecule has 0 heterocycles. The maximum absolute atomic E-state index is 12.4. The molecule has 2 aromatic carbocycles. The van der Waals surface area contributed by atoms with Gasteiger partial charge < -0.3 is 15.4 Å². The van der Waals surface area contributed by atoms with Crippen molar-refractivity contribution in [2.24, 2.45) is 11.8 Å². The lowest BCUT2D eigenvalue weighted by Crippen LogP contribution is -2.23. The molecule has 0 aliphatic heterocycles. The second-order valence-corrected chi connectivity index (χ2v) is 6.83. The first-order chi connectivity index (χ1) is 12.6. The van der Waals surface area contributed by atoms with Crippen molar-refractivity contribution in [2.75, 3.05) is 12.4 Å². The topological polar surface area (TPSA) is 67.4 Å². The van der Waals surface area contributed by atoms with Crippen molar-refractivity contribution in [3.8, 4) is 0 Å². The minimum Gasteiger partial charge on any atom is -0.380 e. The predicted molar refractivity (Wildman–Crippen MR) is 101 cm³/mol. The predicted octanol–water partition coefficient (Wildman–Crippen LogP) is 3.36. The van der Waals surface area contributed by atoms with Crippen LogP contribution in [0.15, 0.2) is 48.5 Å². The van der Waals surface area contributed by atoms with E-state index in [0.29, 0.717) is 30.3 Å². The zero-order valence-corrected chi connectivity index (χ0v) is 15.1. The highest BCUT2D eigenvalue weighted by molar-refractivity contribution is 5.98.